The maximum atomic E-state index is 13.5. The molecule has 0 aromatic heterocycles. The van der Waals surface area contributed by atoms with Gasteiger partial charge in [-0.15, -0.1) is 0 Å². The Labute approximate surface area is 237 Å². The summed E-state index contributed by atoms with van der Waals surface area (Å²) in [5.41, 5.74) is 0.220. The van der Waals surface area contributed by atoms with Gasteiger partial charge in [0.1, 0.15) is 5.75 Å². The minimum Gasteiger partial charge on any atom is -0.463 e. The van der Waals surface area contributed by atoms with E-state index in [1.54, 1.807) is 43.3 Å². The van der Waals surface area contributed by atoms with Gasteiger partial charge in [-0.05, 0) is 68.5 Å². The molecule has 7 heteroatoms. The highest BCUT2D eigenvalue weighted by molar-refractivity contribution is 5.90. The lowest BCUT2D eigenvalue weighted by Crippen LogP contribution is -2.46. The van der Waals surface area contributed by atoms with Crippen molar-refractivity contribution in [1.82, 2.24) is 0 Å². The minimum atomic E-state index is -1.73. The van der Waals surface area contributed by atoms with Crippen molar-refractivity contribution in [2.75, 3.05) is 6.61 Å². The zero-order valence-electron chi connectivity index (χ0n) is 23.8. The number of hydrogen-bond acceptors (Lipinski definition) is 7. The monoisotopic (exact) mass is 548 g/mol. The lowest BCUT2D eigenvalue weighted by molar-refractivity contribution is -0.174. The van der Waals surface area contributed by atoms with Crippen molar-refractivity contribution < 1.29 is 33.3 Å². The van der Waals surface area contributed by atoms with E-state index in [0.717, 1.165) is 30.4 Å². The Hall–Kier alpha value is -3.71. The summed E-state index contributed by atoms with van der Waals surface area (Å²) in [4.78, 5) is 38.4. The second-order valence-electron chi connectivity index (χ2n) is 10.0. The van der Waals surface area contributed by atoms with Gasteiger partial charge in [0.2, 0.25) is 5.60 Å². The first kappa shape index (κ1) is 30.8. The molecule has 2 aromatic carbocycles. The molecule has 7 nitrogen and oxygen atoms in total. The molecule has 0 N–H and O–H groups in total. The highest BCUT2D eigenvalue weighted by atomic mass is 16.6. The number of carbonyl (C=O) groups is 3. The van der Waals surface area contributed by atoms with Crippen LogP contribution in [0.2, 0.25) is 0 Å². The number of ether oxygens (including phenoxy) is 4. The SMILES string of the molecule is CCCO[C@@H](C)C(=O)OC1(C(=O)Oc2ccc(CCC(=O)O[C@@H](C)CCC)cc2)C=CC(c2ccccc2)C=C1. The maximum absolute atomic E-state index is 13.5. The largest absolute Gasteiger partial charge is 0.463 e. The zero-order valence-corrected chi connectivity index (χ0v) is 23.8. The quantitative estimate of drug-likeness (QED) is 0.156. The van der Waals surface area contributed by atoms with Gasteiger partial charge in [-0.1, -0.05) is 74.9 Å². The predicted octanol–water partition coefficient (Wildman–Crippen LogP) is 6.26. The molecule has 2 atom stereocenters. The van der Waals surface area contributed by atoms with Gasteiger partial charge < -0.3 is 18.9 Å². The normalized spacial score (nSPS) is 19.4. The molecule has 0 heterocycles. The fourth-order valence-corrected chi connectivity index (χ4v) is 4.27. The van der Waals surface area contributed by atoms with Crippen LogP contribution < -0.4 is 4.74 Å². The molecule has 0 saturated carbocycles. The molecule has 0 saturated heterocycles. The lowest BCUT2D eigenvalue weighted by Gasteiger charge is -2.30. The Balaban J connectivity index is 1.69. The van der Waals surface area contributed by atoms with Crippen LogP contribution in [-0.2, 0) is 35.0 Å². The summed E-state index contributed by atoms with van der Waals surface area (Å²) in [5, 5.41) is 0. The van der Waals surface area contributed by atoms with Crippen molar-refractivity contribution in [3.8, 4) is 5.75 Å². The topological polar surface area (TPSA) is 88.1 Å². The molecule has 0 spiro atoms. The molecule has 0 amide bonds. The van der Waals surface area contributed by atoms with Crippen LogP contribution in [0.5, 0.6) is 5.75 Å². The van der Waals surface area contributed by atoms with Gasteiger partial charge in [0.25, 0.3) is 0 Å². The van der Waals surface area contributed by atoms with E-state index in [2.05, 4.69) is 6.92 Å². The fourth-order valence-electron chi connectivity index (χ4n) is 4.27. The van der Waals surface area contributed by atoms with E-state index in [9.17, 15) is 14.4 Å². The summed E-state index contributed by atoms with van der Waals surface area (Å²) in [7, 11) is 0. The van der Waals surface area contributed by atoms with Crippen molar-refractivity contribution in [2.24, 2.45) is 0 Å². The van der Waals surface area contributed by atoms with Crippen LogP contribution in [0.4, 0.5) is 0 Å². The summed E-state index contributed by atoms with van der Waals surface area (Å²) in [6.07, 6.45) is 9.17. The standard InChI is InChI=1S/C33H40O7/c1-5-10-24(3)38-30(34)18-15-26-13-16-29(17-14-26)39-32(36)33(40-31(35)25(4)37-23-6-2)21-19-28(20-22-33)27-11-8-7-9-12-27/h7-9,11-14,16-17,19-22,24-25,28H,5-6,10,15,18,23H2,1-4H3/t24-,25-,28?,33?/m0/s1. The lowest BCUT2D eigenvalue weighted by atomic mass is 9.88. The summed E-state index contributed by atoms with van der Waals surface area (Å²) in [6.45, 7) is 7.88. The van der Waals surface area contributed by atoms with Crippen LogP contribution in [0.3, 0.4) is 0 Å². The predicted molar refractivity (Wildman–Crippen MR) is 153 cm³/mol. The Kier molecular flexibility index (Phi) is 11.7. The van der Waals surface area contributed by atoms with Crippen LogP contribution in [0, 0.1) is 0 Å². The molecule has 0 fully saturated rings. The molecular weight excluding hydrogens is 508 g/mol. The van der Waals surface area contributed by atoms with Gasteiger partial charge in [0, 0.05) is 18.9 Å². The van der Waals surface area contributed by atoms with Crippen molar-refractivity contribution in [3.63, 3.8) is 0 Å². The summed E-state index contributed by atoms with van der Waals surface area (Å²) >= 11 is 0. The highest BCUT2D eigenvalue weighted by Gasteiger charge is 2.42. The molecule has 1 aliphatic rings. The van der Waals surface area contributed by atoms with Crippen LogP contribution in [0.25, 0.3) is 0 Å². The first-order valence-corrected chi connectivity index (χ1v) is 14.0. The maximum Gasteiger partial charge on any atom is 0.364 e. The van der Waals surface area contributed by atoms with Gasteiger partial charge in [-0.3, -0.25) is 4.79 Å². The number of allylic oxidation sites excluding steroid dienone is 2. The Bertz CT molecular complexity index is 1150. The van der Waals surface area contributed by atoms with Crippen LogP contribution in [0.15, 0.2) is 78.9 Å². The van der Waals surface area contributed by atoms with Crippen LogP contribution in [-0.4, -0.2) is 42.3 Å². The fraction of sp³-hybridized carbons (Fsp3) is 0.424. The molecule has 0 unspecified atom stereocenters. The second kappa shape index (κ2) is 15.2. The van der Waals surface area contributed by atoms with E-state index in [4.69, 9.17) is 18.9 Å². The van der Waals surface area contributed by atoms with E-state index in [0.29, 0.717) is 18.8 Å². The Morgan fingerprint density at radius 3 is 2.20 bits per heavy atom. The number of carbonyl (C=O) groups excluding carboxylic acids is 3. The smallest absolute Gasteiger partial charge is 0.364 e. The van der Waals surface area contributed by atoms with Crippen molar-refractivity contribution in [3.05, 3.63) is 90.0 Å². The third-order valence-corrected chi connectivity index (χ3v) is 6.56. The third kappa shape index (κ3) is 8.91. The third-order valence-electron chi connectivity index (χ3n) is 6.56. The van der Waals surface area contributed by atoms with Gasteiger partial charge in [-0.2, -0.15) is 0 Å². The van der Waals surface area contributed by atoms with Crippen molar-refractivity contribution in [1.29, 1.82) is 0 Å². The molecule has 0 aliphatic heterocycles. The van der Waals surface area contributed by atoms with E-state index < -0.39 is 23.6 Å². The number of rotatable bonds is 14. The summed E-state index contributed by atoms with van der Waals surface area (Å²) in [5.74, 6) is -1.42. The van der Waals surface area contributed by atoms with Gasteiger partial charge in [-0.25, -0.2) is 9.59 Å². The van der Waals surface area contributed by atoms with Gasteiger partial charge in [0.15, 0.2) is 6.10 Å². The van der Waals surface area contributed by atoms with Crippen molar-refractivity contribution in [2.45, 2.75) is 83.5 Å². The van der Waals surface area contributed by atoms with Crippen LogP contribution >= 0.6 is 0 Å². The van der Waals surface area contributed by atoms with Crippen LogP contribution in [0.1, 0.15) is 70.4 Å². The Morgan fingerprint density at radius 2 is 1.57 bits per heavy atom. The van der Waals surface area contributed by atoms with E-state index >= 15 is 0 Å². The average molecular weight is 549 g/mol. The van der Waals surface area contributed by atoms with E-state index in [1.807, 2.05) is 56.3 Å². The van der Waals surface area contributed by atoms with Gasteiger partial charge >= 0.3 is 17.9 Å². The summed E-state index contributed by atoms with van der Waals surface area (Å²) in [6, 6.07) is 16.7. The molecule has 214 valence electrons. The number of hydrogen-bond donors (Lipinski definition) is 0. The molecule has 3 rings (SSSR count). The van der Waals surface area contributed by atoms with Gasteiger partial charge in [0.05, 0.1) is 6.10 Å². The highest BCUT2D eigenvalue weighted by Crippen LogP contribution is 2.31. The van der Waals surface area contributed by atoms with Crippen molar-refractivity contribution >= 4 is 17.9 Å². The molecule has 2 aromatic rings. The number of esters is 3. The first-order chi connectivity index (χ1) is 19.3. The first-order valence-electron chi connectivity index (χ1n) is 14.0. The second-order valence-corrected chi connectivity index (χ2v) is 10.0. The number of benzene rings is 2. The minimum absolute atomic E-state index is 0.0782. The average Bonchev–Trinajstić information content (AvgIpc) is 2.96. The molecule has 1 aliphatic carbocycles. The molecular formula is C33H40O7. The Morgan fingerprint density at radius 1 is 0.900 bits per heavy atom. The van der Waals surface area contributed by atoms with E-state index in [1.165, 1.54) is 0 Å². The number of aryl methyl sites for hydroxylation is 1. The zero-order chi connectivity index (χ0) is 29.0. The molecule has 0 radical (unpaired) electrons. The van der Waals surface area contributed by atoms with E-state index in [-0.39, 0.29) is 24.4 Å². The summed E-state index contributed by atoms with van der Waals surface area (Å²) < 4.78 is 22.3. The molecule has 0 bridgehead atoms. The molecule has 40 heavy (non-hydrogen) atoms.